The first kappa shape index (κ1) is 15.0. The summed E-state index contributed by atoms with van der Waals surface area (Å²) in [6, 6.07) is 5.78. The number of rotatable bonds is 4. The predicted molar refractivity (Wildman–Crippen MR) is 81.8 cm³/mol. The van der Waals surface area contributed by atoms with Gasteiger partial charge in [0, 0.05) is 10.5 Å². The highest BCUT2D eigenvalue weighted by molar-refractivity contribution is 9.10. The number of halogens is 2. The van der Waals surface area contributed by atoms with Gasteiger partial charge in [0.15, 0.2) is 0 Å². The third kappa shape index (κ3) is 4.03. The fourth-order valence-electron chi connectivity index (χ4n) is 3.12. The average molecular weight is 328 g/mol. The molecule has 0 aliphatic heterocycles. The van der Waals surface area contributed by atoms with Gasteiger partial charge in [-0.25, -0.2) is 4.39 Å². The van der Waals surface area contributed by atoms with Gasteiger partial charge in [0.2, 0.25) is 0 Å². The lowest BCUT2D eigenvalue weighted by Crippen LogP contribution is -2.37. The molecule has 0 spiro atoms. The number of hydrogen-bond acceptors (Lipinski definition) is 1. The van der Waals surface area contributed by atoms with E-state index in [4.69, 9.17) is 0 Å². The van der Waals surface area contributed by atoms with Crippen molar-refractivity contribution in [1.82, 2.24) is 5.32 Å². The Morgan fingerprint density at radius 3 is 2.58 bits per heavy atom. The second kappa shape index (κ2) is 6.85. The van der Waals surface area contributed by atoms with Crippen LogP contribution < -0.4 is 5.32 Å². The maximum Gasteiger partial charge on any atom is 0.127 e. The first-order valence-electron chi connectivity index (χ1n) is 7.21. The molecule has 0 saturated heterocycles. The van der Waals surface area contributed by atoms with Crippen molar-refractivity contribution in [3.8, 4) is 0 Å². The van der Waals surface area contributed by atoms with Crippen LogP contribution in [0, 0.1) is 17.7 Å². The van der Waals surface area contributed by atoms with Gasteiger partial charge in [-0.05, 0) is 55.8 Å². The molecular weight excluding hydrogens is 305 g/mol. The fourth-order valence-corrected chi connectivity index (χ4v) is 3.45. The van der Waals surface area contributed by atoms with E-state index in [1.807, 2.05) is 19.2 Å². The van der Waals surface area contributed by atoms with E-state index in [0.29, 0.717) is 12.0 Å². The molecule has 0 bridgehead atoms. The smallest absolute Gasteiger partial charge is 0.127 e. The van der Waals surface area contributed by atoms with E-state index in [-0.39, 0.29) is 5.82 Å². The summed E-state index contributed by atoms with van der Waals surface area (Å²) < 4.78 is 14.7. The highest BCUT2D eigenvalue weighted by atomic mass is 79.9. The molecule has 1 nitrogen and oxygen atoms in total. The van der Waals surface area contributed by atoms with E-state index in [0.717, 1.165) is 22.4 Å². The monoisotopic (exact) mass is 327 g/mol. The van der Waals surface area contributed by atoms with E-state index in [1.54, 1.807) is 6.07 Å². The molecule has 3 heteroatoms. The summed E-state index contributed by atoms with van der Waals surface area (Å²) in [5, 5.41) is 3.40. The van der Waals surface area contributed by atoms with E-state index in [2.05, 4.69) is 28.2 Å². The van der Waals surface area contributed by atoms with Crippen molar-refractivity contribution >= 4 is 15.9 Å². The zero-order chi connectivity index (χ0) is 13.8. The topological polar surface area (TPSA) is 12.0 Å². The van der Waals surface area contributed by atoms with Gasteiger partial charge >= 0.3 is 0 Å². The summed E-state index contributed by atoms with van der Waals surface area (Å²) in [5.41, 5.74) is 0.821. The first-order valence-corrected chi connectivity index (χ1v) is 8.00. The fraction of sp³-hybridized carbons (Fsp3) is 0.625. The van der Waals surface area contributed by atoms with Crippen LogP contribution in [0.3, 0.4) is 0 Å². The average Bonchev–Trinajstić information content (AvgIpc) is 2.39. The normalized spacial score (nSPS) is 25.3. The standard InChI is InChI=1S/C16H23BrFN/c1-11-3-5-12(6-4-11)16(19-2)9-13-7-8-14(17)10-15(13)18/h7-8,10-12,16,19H,3-6,9H2,1-2H3. The highest BCUT2D eigenvalue weighted by Crippen LogP contribution is 2.31. The van der Waals surface area contributed by atoms with Gasteiger partial charge in [0.1, 0.15) is 5.82 Å². The molecule has 1 saturated carbocycles. The molecule has 0 aromatic heterocycles. The lowest BCUT2D eigenvalue weighted by molar-refractivity contribution is 0.234. The van der Waals surface area contributed by atoms with Crippen LogP contribution in [0.25, 0.3) is 0 Å². The summed E-state index contributed by atoms with van der Waals surface area (Å²) in [7, 11) is 2.00. The van der Waals surface area contributed by atoms with Crippen molar-refractivity contribution in [1.29, 1.82) is 0 Å². The second-order valence-electron chi connectivity index (χ2n) is 5.85. The third-order valence-corrected chi connectivity index (χ3v) is 4.95. The number of benzene rings is 1. The van der Waals surface area contributed by atoms with E-state index < -0.39 is 0 Å². The Kier molecular flexibility index (Phi) is 5.40. The van der Waals surface area contributed by atoms with Crippen molar-refractivity contribution in [3.05, 3.63) is 34.1 Å². The molecule has 0 amide bonds. The SMILES string of the molecule is CNC(Cc1ccc(Br)cc1F)C1CCC(C)CC1. The molecule has 1 N–H and O–H groups in total. The lowest BCUT2D eigenvalue weighted by atomic mass is 9.78. The van der Waals surface area contributed by atoms with Crippen LogP contribution in [0.5, 0.6) is 0 Å². The van der Waals surface area contributed by atoms with Crippen LogP contribution in [0.2, 0.25) is 0 Å². The minimum Gasteiger partial charge on any atom is -0.316 e. The molecule has 1 aromatic rings. The van der Waals surface area contributed by atoms with Gasteiger partial charge in [-0.1, -0.05) is 41.8 Å². The largest absolute Gasteiger partial charge is 0.316 e. The minimum absolute atomic E-state index is 0.0983. The maximum absolute atomic E-state index is 13.9. The molecule has 1 aromatic carbocycles. The van der Waals surface area contributed by atoms with Gasteiger partial charge in [-0.3, -0.25) is 0 Å². The highest BCUT2D eigenvalue weighted by Gasteiger charge is 2.25. The molecule has 1 fully saturated rings. The van der Waals surface area contributed by atoms with E-state index >= 15 is 0 Å². The van der Waals surface area contributed by atoms with Crippen molar-refractivity contribution in [2.45, 2.75) is 45.1 Å². The molecule has 106 valence electrons. The predicted octanol–water partition coefficient (Wildman–Crippen LogP) is 4.55. The Morgan fingerprint density at radius 1 is 1.32 bits per heavy atom. The molecule has 2 rings (SSSR count). The minimum atomic E-state index is -0.0983. The van der Waals surface area contributed by atoms with Crippen LogP contribution in [0.1, 0.15) is 38.2 Å². The number of nitrogens with one attached hydrogen (secondary N) is 1. The molecule has 1 unspecified atom stereocenters. The number of hydrogen-bond donors (Lipinski definition) is 1. The van der Waals surface area contributed by atoms with Gasteiger partial charge in [-0.15, -0.1) is 0 Å². The summed E-state index contributed by atoms with van der Waals surface area (Å²) in [4.78, 5) is 0. The first-order chi connectivity index (χ1) is 9.10. The van der Waals surface area contributed by atoms with Crippen LogP contribution in [-0.2, 0) is 6.42 Å². The molecule has 1 aliphatic carbocycles. The number of likely N-dealkylation sites (N-methyl/N-ethyl adjacent to an activating group) is 1. The Morgan fingerprint density at radius 2 is 2.00 bits per heavy atom. The summed E-state index contributed by atoms with van der Waals surface area (Å²) in [6.45, 7) is 2.33. The zero-order valence-electron chi connectivity index (χ0n) is 11.8. The Balaban J connectivity index is 2.02. The molecule has 1 atom stereocenters. The molecule has 1 aliphatic rings. The van der Waals surface area contributed by atoms with Gasteiger partial charge < -0.3 is 5.32 Å². The summed E-state index contributed by atoms with van der Waals surface area (Å²) in [6.07, 6.45) is 5.95. The van der Waals surface area contributed by atoms with E-state index in [1.165, 1.54) is 25.7 Å². The second-order valence-corrected chi connectivity index (χ2v) is 6.77. The maximum atomic E-state index is 13.9. The van der Waals surface area contributed by atoms with Crippen molar-refractivity contribution in [2.75, 3.05) is 7.05 Å². The lowest BCUT2D eigenvalue weighted by Gasteiger charge is -2.32. The van der Waals surface area contributed by atoms with Crippen molar-refractivity contribution in [3.63, 3.8) is 0 Å². The Labute approximate surface area is 124 Å². The van der Waals surface area contributed by atoms with Gasteiger partial charge in [-0.2, -0.15) is 0 Å². The summed E-state index contributed by atoms with van der Waals surface area (Å²) >= 11 is 3.31. The summed E-state index contributed by atoms with van der Waals surface area (Å²) in [5.74, 6) is 1.45. The van der Waals surface area contributed by atoms with Gasteiger partial charge in [0.25, 0.3) is 0 Å². The molecular formula is C16H23BrFN. The molecule has 0 heterocycles. The van der Waals surface area contributed by atoms with Crippen molar-refractivity contribution < 1.29 is 4.39 Å². The Hall–Kier alpha value is -0.410. The van der Waals surface area contributed by atoms with Crippen LogP contribution in [0.4, 0.5) is 4.39 Å². The molecule has 0 radical (unpaired) electrons. The van der Waals surface area contributed by atoms with Gasteiger partial charge in [0.05, 0.1) is 0 Å². The van der Waals surface area contributed by atoms with Crippen LogP contribution >= 0.6 is 15.9 Å². The van der Waals surface area contributed by atoms with E-state index in [9.17, 15) is 4.39 Å². The van der Waals surface area contributed by atoms with Crippen LogP contribution in [-0.4, -0.2) is 13.1 Å². The molecule has 19 heavy (non-hydrogen) atoms. The van der Waals surface area contributed by atoms with Crippen LogP contribution in [0.15, 0.2) is 22.7 Å². The third-order valence-electron chi connectivity index (χ3n) is 4.46. The quantitative estimate of drug-likeness (QED) is 0.855. The van der Waals surface area contributed by atoms with Crippen molar-refractivity contribution in [2.24, 2.45) is 11.8 Å². The Bertz CT molecular complexity index is 413. The zero-order valence-corrected chi connectivity index (χ0v) is 13.3.